The molecular formula is C13H18O5. The summed E-state index contributed by atoms with van der Waals surface area (Å²) in [5.74, 6) is -0.961. The van der Waals surface area contributed by atoms with Gasteiger partial charge < -0.3 is 18.9 Å². The van der Waals surface area contributed by atoms with Crippen LogP contribution < -0.4 is 0 Å². The second-order valence-electron chi connectivity index (χ2n) is 4.84. The van der Waals surface area contributed by atoms with E-state index in [9.17, 15) is 4.79 Å². The van der Waals surface area contributed by atoms with Crippen LogP contribution in [0.2, 0.25) is 0 Å². The molecule has 1 fully saturated rings. The summed E-state index contributed by atoms with van der Waals surface area (Å²) in [6, 6.07) is 0. The number of carbonyl (C=O) groups excluding carboxylic acids is 1. The van der Waals surface area contributed by atoms with E-state index >= 15 is 0 Å². The summed E-state index contributed by atoms with van der Waals surface area (Å²) in [5.41, 5.74) is 0. The lowest BCUT2D eigenvalue weighted by atomic mass is 9.93. The Balaban J connectivity index is 2.01. The molecule has 18 heavy (non-hydrogen) atoms. The Hall–Kier alpha value is -0.910. The Bertz CT molecular complexity index is 336. The van der Waals surface area contributed by atoms with Crippen LogP contribution in [-0.4, -0.2) is 37.7 Å². The molecule has 2 heterocycles. The largest absolute Gasteiger partial charge is 0.455 e. The third kappa shape index (κ3) is 3.10. The van der Waals surface area contributed by atoms with E-state index in [1.807, 2.05) is 13.8 Å². The number of cyclic esters (lactones) is 1. The van der Waals surface area contributed by atoms with E-state index in [1.165, 1.54) is 6.08 Å². The van der Waals surface area contributed by atoms with Gasteiger partial charge in [-0.3, -0.25) is 0 Å². The maximum atomic E-state index is 11.1. The first-order valence-corrected chi connectivity index (χ1v) is 5.98. The summed E-state index contributed by atoms with van der Waals surface area (Å²) in [4.78, 5) is 11.1. The topological polar surface area (TPSA) is 54.0 Å². The van der Waals surface area contributed by atoms with Crippen LogP contribution in [0.15, 0.2) is 12.2 Å². The third-order valence-corrected chi connectivity index (χ3v) is 3.07. The van der Waals surface area contributed by atoms with Crippen molar-refractivity contribution < 1.29 is 23.7 Å². The summed E-state index contributed by atoms with van der Waals surface area (Å²) in [6.45, 7) is 6.99. The van der Waals surface area contributed by atoms with Crippen molar-refractivity contribution in [1.82, 2.24) is 0 Å². The van der Waals surface area contributed by atoms with Crippen LogP contribution in [-0.2, 0) is 23.7 Å². The summed E-state index contributed by atoms with van der Waals surface area (Å²) in [6.07, 6.45) is 3.26. The van der Waals surface area contributed by atoms with E-state index in [2.05, 4.69) is 6.61 Å². The van der Waals surface area contributed by atoms with Gasteiger partial charge in [0.05, 0.1) is 12.7 Å². The predicted molar refractivity (Wildman–Crippen MR) is 62.3 cm³/mol. The van der Waals surface area contributed by atoms with Gasteiger partial charge in [0.25, 0.3) is 0 Å². The van der Waals surface area contributed by atoms with Crippen molar-refractivity contribution in [2.45, 2.75) is 38.3 Å². The summed E-state index contributed by atoms with van der Waals surface area (Å²) in [5, 5.41) is 0. The van der Waals surface area contributed by atoms with Crippen LogP contribution in [0.4, 0.5) is 0 Å². The van der Waals surface area contributed by atoms with Gasteiger partial charge in [0.15, 0.2) is 5.79 Å². The molecule has 0 N–H and O–H groups in total. The van der Waals surface area contributed by atoms with Crippen LogP contribution in [0.3, 0.4) is 0 Å². The molecule has 0 amide bonds. The fourth-order valence-corrected chi connectivity index (χ4v) is 2.18. The van der Waals surface area contributed by atoms with Crippen molar-refractivity contribution in [3.8, 4) is 0 Å². The number of esters is 1. The molecule has 5 heteroatoms. The SMILES string of the molecule is CO[C]C[C@@H]([C@H]1C=CC(=O)O1)[C@H]1COC(C)(C)O1. The van der Waals surface area contributed by atoms with Gasteiger partial charge in [0.1, 0.15) is 12.7 Å². The zero-order valence-electron chi connectivity index (χ0n) is 10.8. The van der Waals surface area contributed by atoms with E-state index in [-0.39, 0.29) is 24.1 Å². The fourth-order valence-electron chi connectivity index (χ4n) is 2.18. The van der Waals surface area contributed by atoms with Crippen LogP contribution in [0.5, 0.6) is 0 Å². The van der Waals surface area contributed by atoms with E-state index in [4.69, 9.17) is 18.9 Å². The first-order chi connectivity index (χ1) is 8.52. The Morgan fingerprint density at radius 1 is 1.61 bits per heavy atom. The smallest absolute Gasteiger partial charge is 0.331 e. The molecule has 0 aromatic heterocycles. The van der Waals surface area contributed by atoms with Crippen LogP contribution in [0, 0.1) is 12.5 Å². The Morgan fingerprint density at radius 3 is 2.89 bits per heavy atom. The average Bonchev–Trinajstić information content (AvgIpc) is 2.86. The fraction of sp³-hybridized carbons (Fsp3) is 0.692. The second kappa shape index (κ2) is 5.38. The van der Waals surface area contributed by atoms with Crippen molar-refractivity contribution in [3.63, 3.8) is 0 Å². The van der Waals surface area contributed by atoms with E-state index < -0.39 is 5.79 Å². The normalized spacial score (nSPS) is 31.6. The van der Waals surface area contributed by atoms with Gasteiger partial charge in [-0.1, -0.05) is 0 Å². The molecule has 2 rings (SSSR count). The zero-order valence-corrected chi connectivity index (χ0v) is 10.8. The monoisotopic (exact) mass is 254 g/mol. The average molecular weight is 254 g/mol. The highest BCUT2D eigenvalue weighted by atomic mass is 16.7. The lowest BCUT2D eigenvalue weighted by Gasteiger charge is -2.27. The molecule has 0 saturated carbocycles. The first kappa shape index (κ1) is 13.5. The standard InChI is InChI=1S/C13H18O5/c1-13(2)16-8-11(18-13)9(6-7-15-3)10-4-5-12(14)17-10/h4-5,9-11H,6,8H2,1-3H3/t9-,10+,11+/m0/s1. The van der Waals surface area contributed by atoms with Gasteiger partial charge in [-0.25, -0.2) is 4.79 Å². The maximum Gasteiger partial charge on any atom is 0.331 e. The van der Waals surface area contributed by atoms with E-state index in [1.54, 1.807) is 13.2 Å². The van der Waals surface area contributed by atoms with Gasteiger partial charge in [-0.05, 0) is 26.3 Å². The van der Waals surface area contributed by atoms with Gasteiger partial charge in [-0.2, -0.15) is 0 Å². The van der Waals surface area contributed by atoms with Crippen molar-refractivity contribution >= 4 is 5.97 Å². The Labute approximate surface area is 107 Å². The van der Waals surface area contributed by atoms with Gasteiger partial charge >= 0.3 is 5.97 Å². The molecule has 100 valence electrons. The summed E-state index contributed by atoms with van der Waals surface area (Å²) >= 11 is 0. The number of ether oxygens (including phenoxy) is 4. The molecule has 5 nitrogen and oxygen atoms in total. The lowest BCUT2D eigenvalue weighted by molar-refractivity contribution is -0.155. The van der Waals surface area contributed by atoms with Crippen molar-refractivity contribution in [2.24, 2.45) is 5.92 Å². The molecule has 3 atom stereocenters. The molecule has 1 saturated heterocycles. The molecule has 0 aliphatic carbocycles. The molecule has 2 aliphatic rings. The summed E-state index contributed by atoms with van der Waals surface area (Å²) < 4.78 is 21.4. The minimum Gasteiger partial charge on any atom is -0.455 e. The minimum absolute atomic E-state index is 0.0468. The van der Waals surface area contributed by atoms with Gasteiger partial charge in [-0.15, -0.1) is 0 Å². The zero-order chi connectivity index (χ0) is 13.2. The molecule has 2 radical (unpaired) electrons. The first-order valence-electron chi connectivity index (χ1n) is 5.98. The molecule has 0 bridgehead atoms. The van der Waals surface area contributed by atoms with Gasteiger partial charge in [0.2, 0.25) is 0 Å². The minimum atomic E-state index is -0.595. The van der Waals surface area contributed by atoms with E-state index in [0.717, 1.165) is 0 Å². The lowest BCUT2D eigenvalue weighted by Crippen LogP contribution is -2.35. The highest BCUT2D eigenvalue weighted by Gasteiger charge is 2.41. The van der Waals surface area contributed by atoms with Gasteiger partial charge in [0, 0.05) is 19.1 Å². The second-order valence-corrected chi connectivity index (χ2v) is 4.84. The highest BCUT2D eigenvalue weighted by molar-refractivity contribution is 5.84. The number of carbonyl (C=O) groups is 1. The molecule has 2 aliphatic heterocycles. The maximum absolute atomic E-state index is 11.1. The van der Waals surface area contributed by atoms with Crippen LogP contribution in [0.25, 0.3) is 0 Å². The van der Waals surface area contributed by atoms with Crippen molar-refractivity contribution in [2.75, 3.05) is 13.7 Å². The number of hydrogen-bond donors (Lipinski definition) is 0. The molecule has 0 aromatic carbocycles. The molecule has 0 aromatic rings. The predicted octanol–water partition coefficient (Wildman–Crippen LogP) is 1.31. The summed E-state index contributed by atoms with van der Waals surface area (Å²) in [7, 11) is 1.55. The van der Waals surface area contributed by atoms with Crippen LogP contribution >= 0.6 is 0 Å². The molecule has 0 spiro atoms. The third-order valence-electron chi connectivity index (χ3n) is 3.07. The Kier molecular flexibility index (Phi) is 4.04. The highest BCUT2D eigenvalue weighted by Crippen LogP contribution is 2.33. The quantitative estimate of drug-likeness (QED) is 0.692. The number of methoxy groups -OCH3 is 1. The number of rotatable bonds is 5. The van der Waals surface area contributed by atoms with Crippen LogP contribution in [0.1, 0.15) is 20.3 Å². The van der Waals surface area contributed by atoms with Crippen molar-refractivity contribution in [1.29, 1.82) is 0 Å². The molecule has 0 unspecified atom stereocenters. The van der Waals surface area contributed by atoms with E-state index in [0.29, 0.717) is 13.0 Å². The molecular weight excluding hydrogens is 236 g/mol. The number of hydrogen-bond acceptors (Lipinski definition) is 5. The Morgan fingerprint density at radius 2 is 2.39 bits per heavy atom. The van der Waals surface area contributed by atoms with Crippen molar-refractivity contribution in [3.05, 3.63) is 18.8 Å².